The van der Waals surface area contributed by atoms with Crippen LogP contribution in [0.4, 0.5) is 15.8 Å². The van der Waals surface area contributed by atoms with E-state index in [1.807, 2.05) is 4.90 Å². The molecule has 2 heterocycles. The van der Waals surface area contributed by atoms with Gasteiger partial charge in [0.2, 0.25) is 10.0 Å². The molecule has 2 aliphatic rings. The van der Waals surface area contributed by atoms with Gasteiger partial charge in [-0.2, -0.15) is 0 Å². The molecular weight excluding hydrogens is 395 g/mol. The van der Waals surface area contributed by atoms with Crippen molar-refractivity contribution in [1.29, 1.82) is 0 Å². The van der Waals surface area contributed by atoms with Crippen LogP contribution in [0.25, 0.3) is 0 Å². The number of fused-ring (bicyclic) bond motifs is 3. The van der Waals surface area contributed by atoms with Gasteiger partial charge in [-0.15, -0.1) is 0 Å². The lowest BCUT2D eigenvalue weighted by atomic mass is 10.1. The molecule has 9 heteroatoms. The highest BCUT2D eigenvalue weighted by Gasteiger charge is 2.23. The summed E-state index contributed by atoms with van der Waals surface area (Å²) in [4.78, 5) is 11.0. The Labute approximate surface area is 169 Å². The first-order chi connectivity index (χ1) is 14.0. The molecule has 0 aromatic heterocycles. The Kier molecular flexibility index (Phi) is 5.23. The first-order valence-corrected chi connectivity index (χ1v) is 11.1. The third kappa shape index (κ3) is 4.09. The molecule has 0 spiro atoms. The van der Waals surface area contributed by atoms with E-state index in [1.54, 1.807) is 31.5 Å². The van der Waals surface area contributed by atoms with E-state index in [-0.39, 0.29) is 17.2 Å². The zero-order valence-corrected chi connectivity index (χ0v) is 16.7. The lowest BCUT2D eigenvalue weighted by Crippen LogP contribution is -2.36. The maximum Gasteiger partial charge on any atom is 0.232 e. The highest BCUT2D eigenvalue weighted by molar-refractivity contribution is 7.92. The molecule has 0 amide bonds. The predicted octanol–water partition coefficient (Wildman–Crippen LogP) is 3.90. The molecule has 0 bridgehead atoms. The van der Waals surface area contributed by atoms with Crippen LogP contribution in [0.2, 0.25) is 0 Å². The molecule has 2 aliphatic heterocycles. The Bertz CT molecular complexity index is 1100. The van der Waals surface area contributed by atoms with Gasteiger partial charge in [0.05, 0.1) is 23.5 Å². The van der Waals surface area contributed by atoms with Gasteiger partial charge in [0.25, 0.3) is 0 Å². The van der Waals surface area contributed by atoms with Crippen LogP contribution in [0, 0.1) is 5.82 Å². The van der Waals surface area contributed by atoms with Crippen LogP contribution in [0.15, 0.2) is 46.4 Å². The van der Waals surface area contributed by atoms with E-state index < -0.39 is 15.8 Å². The summed E-state index contributed by atoms with van der Waals surface area (Å²) >= 11 is 0. The van der Waals surface area contributed by atoms with Crippen molar-refractivity contribution < 1.29 is 17.5 Å². The number of sulfonamides is 1. The van der Waals surface area contributed by atoms with Gasteiger partial charge in [0, 0.05) is 18.7 Å². The Morgan fingerprint density at radius 1 is 1.28 bits per heavy atom. The molecule has 4 rings (SSSR count). The van der Waals surface area contributed by atoms with Crippen molar-refractivity contribution in [3.05, 3.63) is 47.8 Å². The van der Waals surface area contributed by atoms with Crippen LogP contribution in [-0.4, -0.2) is 44.3 Å². The van der Waals surface area contributed by atoms with Gasteiger partial charge < -0.3 is 9.64 Å². The molecule has 152 valence electrons. The number of hydrogen-bond acceptors (Lipinski definition) is 6. The third-order valence-electron chi connectivity index (χ3n) is 4.57. The number of nitrogens with zero attached hydrogens (tertiary/aromatic N) is 3. The zero-order valence-electron chi connectivity index (χ0n) is 15.9. The number of ether oxygens (including phenoxy) is 1. The lowest BCUT2D eigenvalue weighted by molar-refractivity contribution is 0.443. The molecule has 0 saturated carbocycles. The molecule has 0 atom stereocenters. The van der Waals surface area contributed by atoms with Gasteiger partial charge in [-0.1, -0.05) is 13.0 Å². The molecule has 1 N–H and O–H groups in total. The van der Waals surface area contributed by atoms with Crippen LogP contribution in [0.1, 0.15) is 25.3 Å². The summed E-state index contributed by atoms with van der Waals surface area (Å²) in [5.74, 6) is 0.333. The minimum atomic E-state index is -3.60. The largest absolute Gasteiger partial charge is 0.454 e. The van der Waals surface area contributed by atoms with E-state index in [1.165, 1.54) is 18.2 Å². The first kappa shape index (κ1) is 19.4. The van der Waals surface area contributed by atoms with Crippen molar-refractivity contribution in [3.8, 4) is 11.5 Å². The van der Waals surface area contributed by atoms with Gasteiger partial charge in [-0.3, -0.25) is 9.71 Å². The second-order valence-corrected chi connectivity index (χ2v) is 8.66. The molecular formula is C20H21FN4O3S. The van der Waals surface area contributed by atoms with Gasteiger partial charge >= 0.3 is 0 Å². The van der Waals surface area contributed by atoms with Crippen molar-refractivity contribution in [1.82, 2.24) is 4.90 Å². The Morgan fingerprint density at radius 2 is 2.14 bits per heavy atom. The van der Waals surface area contributed by atoms with E-state index >= 15 is 0 Å². The fraction of sp³-hybridized carbons (Fsp3) is 0.300. The molecule has 0 saturated heterocycles. The monoisotopic (exact) mass is 416 g/mol. The van der Waals surface area contributed by atoms with Gasteiger partial charge in [0.15, 0.2) is 11.6 Å². The topological polar surface area (TPSA) is 83.4 Å². The highest BCUT2D eigenvalue weighted by Crippen LogP contribution is 2.34. The third-order valence-corrected chi connectivity index (χ3v) is 6.04. The first-order valence-electron chi connectivity index (χ1n) is 9.43. The van der Waals surface area contributed by atoms with Crippen molar-refractivity contribution in [2.45, 2.75) is 19.8 Å². The van der Waals surface area contributed by atoms with Crippen LogP contribution in [-0.2, 0) is 10.0 Å². The lowest BCUT2D eigenvalue weighted by Gasteiger charge is -2.29. The van der Waals surface area contributed by atoms with Gasteiger partial charge in [0.1, 0.15) is 11.6 Å². The summed E-state index contributed by atoms with van der Waals surface area (Å²) < 4.78 is 46.8. The molecule has 0 aliphatic carbocycles. The number of nitrogens with one attached hydrogen (secondary N) is 1. The Morgan fingerprint density at radius 3 is 2.97 bits per heavy atom. The number of aliphatic imine (C=N–C) groups is 2. The standard InChI is InChI=1S/C20H21FN4O3S/c1-2-11-29(26,27)24-17-5-3-6-18(19(17)21)28-14-7-8-16-15(12-14)20-22-9-4-10-25(20)13-23-16/h3,5-8,12-13,24H,2,4,9-11H2,1H3. The minimum absolute atomic E-state index is 0.0663. The molecule has 2 aromatic carbocycles. The van der Waals surface area contributed by atoms with Crippen LogP contribution < -0.4 is 9.46 Å². The number of rotatable bonds is 6. The molecule has 2 aromatic rings. The van der Waals surface area contributed by atoms with Crippen molar-refractivity contribution in [3.63, 3.8) is 0 Å². The van der Waals surface area contributed by atoms with Crippen LogP contribution >= 0.6 is 0 Å². The van der Waals surface area contributed by atoms with Gasteiger partial charge in [-0.05, 0) is 43.2 Å². The normalized spacial score (nSPS) is 15.4. The van der Waals surface area contributed by atoms with E-state index in [9.17, 15) is 12.8 Å². The quantitative estimate of drug-likeness (QED) is 0.774. The molecule has 29 heavy (non-hydrogen) atoms. The summed E-state index contributed by atoms with van der Waals surface area (Å²) in [5, 5.41) is 0. The average molecular weight is 416 g/mol. The Balaban J connectivity index is 1.62. The smallest absolute Gasteiger partial charge is 0.232 e. The van der Waals surface area contributed by atoms with E-state index in [0.29, 0.717) is 12.2 Å². The number of amidine groups is 1. The second kappa shape index (κ2) is 7.82. The highest BCUT2D eigenvalue weighted by atomic mass is 32.2. The molecule has 0 radical (unpaired) electrons. The SMILES string of the molecule is CCCS(=O)(=O)Nc1cccc(Oc2ccc3c(c2)C2=NCCCN2C=N3)c1F. The fourth-order valence-electron chi connectivity index (χ4n) is 3.26. The molecule has 0 fully saturated rings. The molecule has 0 unspecified atom stereocenters. The summed E-state index contributed by atoms with van der Waals surface area (Å²) in [6, 6.07) is 9.62. The minimum Gasteiger partial charge on any atom is -0.454 e. The second-order valence-electron chi connectivity index (χ2n) is 6.82. The summed E-state index contributed by atoms with van der Waals surface area (Å²) in [7, 11) is -3.60. The fourth-order valence-corrected chi connectivity index (χ4v) is 4.39. The van der Waals surface area contributed by atoms with Crippen LogP contribution in [0.3, 0.4) is 0 Å². The average Bonchev–Trinajstić information content (AvgIpc) is 2.70. The van der Waals surface area contributed by atoms with E-state index in [2.05, 4.69) is 14.7 Å². The van der Waals surface area contributed by atoms with Crippen molar-refractivity contribution in [2.75, 3.05) is 23.6 Å². The number of anilines is 1. The molecule has 7 nitrogen and oxygen atoms in total. The van der Waals surface area contributed by atoms with Crippen LogP contribution in [0.5, 0.6) is 11.5 Å². The number of benzene rings is 2. The summed E-state index contributed by atoms with van der Waals surface area (Å²) in [5.41, 5.74) is 1.46. The maximum atomic E-state index is 14.8. The summed E-state index contributed by atoms with van der Waals surface area (Å²) in [6.07, 6.45) is 3.17. The Hall–Kier alpha value is -2.94. The van der Waals surface area contributed by atoms with Crippen molar-refractivity contribution >= 4 is 33.6 Å². The number of halogens is 1. The maximum absolute atomic E-state index is 14.8. The zero-order chi connectivity index (χ0) is 20.4. The van der Waals surface area contributed by atoms with E-state index in [4.69, 9.17) is 4.74 Å². The van der Waals surface area contributed by atoms with E-state index in [0.717, 1.165) is 36.6 Å². The van der Waals surface area contributed by atoms with Crippen molar-refractivity contribution in [2.24, 2.45) is 9.98 Å². The predicted molar refractivity (Wildman–Crippen MR) is 111 cm³/mol. The number of hydrogen-bond donors (Lipinski definition) is 1. The summed E-state index contributed by atoms with van der Waals surface area (Å²) in [6.45, 7) is 3.34. The van der Waals surface area contributed by atoms with Gasteiger partial charge in [-0.25, -0.2) is 17.8 Å².